The molecule has 5 nitrogen and oxygen atoms in total. The lowest BCUT2D eigenvalue weighted by molar-refractivity contribution is -0.127. The van der Waals surface area contributed by atoms with Crippen LogP contribution < -0.4 is 0 Å². The molecule has 0 bridgehead atoms. The first-order chi connectivity index (χ1) is 10.5. The Bertz CT molecular complexity index is 406. The van der Waals surface area contributed by atoms with Gasteiger partial charge in [0, 0.05) is 13.1 Å². The van der Waals surface area contributed by atoms with E-state index in [-0.39, 0.29) is 6.09 Å². The highest BCUT2D eigenvalue weighted by atomic mass is 16.6. The third kappa shape index (κ3) is 8.96. The zero-order valence-corrected chi connectivity index (χ0v) is 15.3. The molecule has 1 amide bonds. The number of nitrogens with zero attached hydrogens (tertiary/aromatic N) is 1. The van der Waals surface area contributed by atoms with E-state index in [9.17, 15) is 4.79 Å². The molecule has 2 rings (SSSR count). The monoisotopic (exact) mass is 327 g/mol. The second kappa shape index (κ2) is 8.15. The molecular weight excluding hydrogens is 294 g/mol. The van der Waals surface area contributed by atoms with Crippen molar-refractivity contribution < 1.29 is 19.7 Å². The predicted molar refractivity (Wildman–Crippen MR) is 91.0 cm³/mol. The minimum Gasteiger partial charge on any atom is -0.444 e. The number of hydrogen-bond acceptors (Lipinski definition) is 4. The van der Waals surface area contributed by atoms with Gasteiger partial charge >= 0.3 is 6.09 Å². The molecule has 2 N–H and O–H groups in total. The summed E-state index contributed by atoms with van der Waals surface area (Å²) in [7, 11) is 0. The van der Waals surface area contributed by atoms with Gasteiger partial charge in [-0.1, -0.05) is 24.5 Å². The van der Waals surface area contributed by atoms with Crippen molar-refractivity contribution in [1.29, 1.82) is 0 Å². The molecule has 0 atom stereocenters. The van der Waals surface area contributed by atoms with E-state index >= 15 is 0 Å². The Morgan fingerprint density at radius 3 is 2.09 bits per heavy atom. The van der Waals surface area contributed by atoms with E-state index in [1.165, 1.54) is 39.5 Å². The Morgan fingerprint density at radius 1 is 1.17 bits per heavy atom. The standard InChI is InChI=1S/C15H25NO2.C3H8O2/c1-15(2,3)18-14(17)16-10-8-13(9-11-16)12-6-4-5-7-12;1-3(2,4)5/h8,12H,4-7,9-11H2,1-3H3;4-5H,1-2H3. The SMILES string of the molecule is CC(C)(C)OC(=O)N1CC=C(C2CCCC2)CC1.CC(C)(O)O. The number of carbonyl (C=O) groups excluding carboxylic acids is 1. The summed E-state index contributed by atoms with van der Waals surface area (Å²) in [5, 5.41) is 16.2. The fourth-order valence-electron chi connectivity index (χ4n) is 2.84. The Morgan fingerprint density at radius 2 is 1.70 bits per heavy atom. The number of amides is 1. The van der Waals surface area contributed by atoms with Gasteiger partial charge in [-0.3, -0.25) is 0 Å². The van der Waals surface area contributed by atoms with Gasteiger partial charge in [0.05, 0.1) is 0 Å². The van der Waals surface area contributed by atoms with Gasteiger partial charge in [-0.2, -0.15) is 0 Å². The summed E-state index contributed by atoms with van der Waals surface area (Å²) in [6.45, 7) is 9.87. The fraction of sp³-hybridized carbons (Fsp3) is 0.833. The van der Waals surface area contributed by atoms with Crippen molar-refractivity contribution in [3.63, 3.8) is 0 Å². The van der Waals surface area contributed by atoms with Crippen LogP contribution in [0, 0.1) is 5.92 Å². The molecule has 1 aliphatic heterocycles. The van der Waals surface area contributed by atoms with Crippen LogP contribution in [0.25, 0.3) is 0 Å². The third-order valence-electron chi connectivity index (χ3n) is 3.78. The molecule has 23 heavy (non-hydrogen) atoms. The molecule has 0 spiro atoms. The predicted octanol–water partition coefficient (Wildman–Crippen LogP) is 3.45. The Hall–Kier alpha value is -1.07. The summed E-state index contributed by atoms with van der Waals surface area (Å²) >= 11 is 0. The van der Waals surface area contributed by atoms with Gasteiger partial charge in [0.2, 0.25) is 0 Å². The highest BCUT2D eigenvalue weighted by molar-refractivity contribution is 5.68. The minimum atomic E-state index is -1.50. The van der Waals surface area contributed by atoms with E-state index < -0.39 is 11.4 Å². The molecule has 0 unspecified atom stereocenters. The molecule has 1 heterocycles. The number of rotatable bonds is 1. The van der Waals surface area contributed by atoms with Gasteiger partial charge in [0.1, 0.15) is 5.60 Å². The van der Waals surface area contributed by atoms with Crippen LogP contribution in [0.4, 0.5) is 4.79 Å². The van der Waals surface area contributed by atoms with Crippen LogP contribution in [0.1, 0.15) is 66.7 Å². The Kier molecular flexibility index (Phi) is 7.08. The zero-order chi connectivity index (χ0) is 17.7. The van der Waals surface area contributed by atoms with Crippen molar-refractivity contribution in [2.45, 2.75) is 78.1 Å². The van der Waals surface area contributed by atoms with E-state index in [2.05, 4.69) is 6.08 Å². The van der Waals surface area contributed by atoms with Crippen molar-refractivity contribution >= 4 is 6.09 Å². The summed E-state index contributed by atoms with van der Waals surface area (Å²) < 4.78 is 5.40. The second-order valence-corrected chi connectivity index (χ2v) is 7.93. The normalized spacial score (nSPS) is 19.8. The summed E-state index contributed by atoms with van der Waals surface area (Å²) in [5.74, 6) is -0.703. The van der Waals surface area contributed by atoms with E-state index in [4.69, 9.17) is 14.9 Å². The molecule has 1 fully saturated rings. The average Bonchev–Trinajstić information content (AvgIpc) is 2.88. The fourth-order valence-corrected chi connectivity index (χ4v) is 2.84. The maximum absolute atomic E-state index is 11.9. The number of aliphatic hydroxyl groups is 2. The van der Waals surface area contributed by atoms with Crippen LogP contribution in [-0.4, -0.2) is 45.7 Å². The molecule has 5 heteroatoms. The van der Waals surface area contributed by atoms with Crippen LogP contribution in [0.15, 0.2) is 11.6 Å². The Balaban J connectivity index is 0.000000463. The summed E-state index contributed by atoms with van der Waals surface area (Å²) in [6, 6.07) is 0. The minimum absolute atomic E-state index is 0.177. The lowest BCUT2D eigenvalue weighted by Crippen LogP contribution is -2.39. The topological polar surface area (TPSA) is 70.0 Å². The van der Waals surface area contributed by atoms with Crippen LogP contribution in [0.5, 0.6) is 0 Å². The van der Waals surface area contributed by atoms with Crippen molar-refractivity contribution in [3.8, 4) is 0 Å². The quantitative estimate of drug-likeness (QED) is 0.572. The molecule has 0 aromatic carbocycles. The zero-order valence-electron chi connectivity index (χ0n) is 15.3. The van der Waals surface area contributed by atoms with Crippen LogP contribution in [0.3, 0.4) is 0 Å². The van der Waals surface area contributed by atoms with Gasteiger partial charge in [0.15, 0.2) is 5.79 Å². The van der Waals surface area contributed by atoms with E-state index in [1.807, 2.05) is 25.7 Å². The maximum atomic E-state index is 11.9. The smallest absolute Gasteiger partial charge is 0.410 e. The van der Waals surface area contributed by atoms with Gasteiger partial charge in [-0.15, -0.1) is 0 Å². The van der Waals surface area contributed by atoms with Gasteiger partial charge < -0.3 is 19.8 Å². The van der Waals surface area contributed by atoms with Crippen LogP contribution in [-0.2, 0) is 4.74 Å². The summed E-state index contributed by atoms with van der Waals surface area (Å²) in [6.07, 6.45) is 8.55. The number of ether oxygens (including phenoxy) is 1. The molecule has 0 aromatic rings. The maximum Gasteiger partial charge on any atom is 0.410 e. The molecule has 0 radical (unpaired) electrons. The van der Waals surface area contributed by atoms with Crippen LogP contribution >= 0.6 is 0 Å². The molecule has 1 saturated carbocycles. The largest absolute Gasteiger partial charge is 0.444 e. The van der Waals surface area contributed by atoms with Gasteiger partial charge in [-0.25, -0.2) is 4.79 Å². The average molecular weight is 327 g/mol. The summed E-state index contributed by atoms with van der Waals surface area (Å²) in [5.41, 5.74) is 1.18. The Labute approximate surface area is 140 Å². The lowest BCUT2D eigenvalue weighted by Gasteiger charge is -2.30. The highest BCUT2D eigenvalue weighted by Crippen LogP contribution is 2.34. The van der Waals surface area contributed by atoms with Crippen LogP contribution in [0.2, 0.25) is 0 Å². The summed E-state index contributed by atoms with van der Waals surface area (Å²) in [4.78, 5) is 13.7. The highest BCUT2D eigenvalue weighted by Gasteiger charge is 2.26. The molecule has 1 aliphatic carbocycles. The van der Waals surface area contributed by atoms with E-state index in [0.29, 0.717) is 0 Å². The first kappa shape index (κ1) is 20.0. The first-order valence-electron chi connectivity index (χ1n) is 8.57. The second-order valence-electron chi connectivity index (χ2n) is 7.93. The van der Waals surface area contributed by atoms with E-state index in [1.54, 1.807) is 5.57 Å². The molecule has 0 saturated heterocycles. The lowest BCUT2D eigenvalue weighted by atomic mass is 9.92. The van der Waals surface area contributed by atoms with Crippen molar-refractivity contribution in [1.82, 2.24) is 4.90 Å². The molecule has 0 aromatic heterocycles. The van der Waals surface area contributed by atoms with Crippen molar-refractivity contribution in [3.05, 3.63) is 11.6 Å². The van der Waals surface area contributed by atoms with Crippen molar-refractivity contribution in [2.24, 2.45) is 5.92 Å². The molecule has 134 valence electrons. The third-order valence-corrected chi connectivity index (χ3v) is 3.78. The molecular formula is C18H33NO4. The number of hydrogen-bond donors (Lipinski definition) is 2. The van der Waals surface area contributed by atoms with Crippen molar-refractivity contribution in [2.75, 3.05) is 13.1 Å². The van der Waals surface area contributed by atoms with Gasteiger partial charge in [-0.05, 0) is 59.8 Å². The number of carbonyl (C=O) groups is 1. The first-order valence-corrected chi connectivity index (χ1v) is 8.57. The van der Waals surface area contributed by atoms with Gasteiger partial charge in [0.25, 0.3) is 0 Å². The van der Waals surface area contributed by atoms with E-state index in [0.717, 1.165) is 25.4 Å². The molecule has 2 aliphatic rings.